The number of pyridine rings is 1. The third kappa shape index (κ3) is 2.66. The summed E-state index contributed by atoms with van der Waals surface area (Å²) >= 11 is 0. The largest absolute Gasteiger partial charge is 0.440 e. The number of aryl methyl sites for hydroxylation is 1. The SMILES string of the molecule is Cc1cc2c(c(=O)n1C)C1(C(=O)N(Cc3ccc(F)cc3)c3ccccc31)C(C#N)=C(N)O2. The molecule has 164 valence electrons. The molecule has 1 amide bonds. The van der Waals surface area contributed by atoms with Crippen LogP contribution < -0.4 is 20.9 Å². The first-order chi connectivity index (χ1) is 15.8. The summed E-state index contributed by atoms with van der Waals surface area (Å²) in [5, 5.41) is 10.1. The Morgan fingerprint density at radius 2 is 1.85 bits per heavy atom. The predicted octanol–water partition coefficient (Wildman–Crippen LogP) is 2.75. The monoisotopic (exact) mass is 442 g/mol. The third-order valence-electron chi connectivity index (χ3n) is 6.38. The molecule has 2 N–H and O–H groups in total. The minimum atomic E-state index is -1.74. The van der Waals surface area contributed by atoms with Gasteiger partial charge in [0.05, 0.1) is 12.1 Å². The number of halogens is 1. The lowest BCUT2D eigenvalue weighted by molar-refractivity contribution is -0.121. The second kappa shape index (κ2) is 7.07. The number of carbonyl (C=O) groups is 1. The lowest BCUT2D eigenvalue weighted by Crippen LogP contribution is -2.49. The molecule has 1 spiro atoms. The number of nitrogens with two attached hydrogens (primary N) is 1. The molecule has 2 aliphatic rings. The van der Waals surface area contributed by atoms with E-state index in [0.29, 0.717) is 22.5 Å². The van der Waals surface area contributed by atoms with Crippen molar-refractivity contribution in [1.29, 1.82) is 5.26 Å². The van der Waals surface area contributed by atoms with Crippen molar-refractivity contribution < 1.29 is 13.9 Å². The zero-order valence-corrected chi connectivity index (χ0v) is 17.9. The van der Waals surface area contributed by atoms with Gasteiger partial charge in [0, 0.05) is 30.1 Å². The van der Waals surface area contributed by atoms with E-state index < -0.39 is 16.9 Å². The summed E-state index contributed by atoms with van der Waals surface area (Å²) in [6.07, 6.45) is 0. The van der Waals surface area contributed by atoms with Gasteiger partial charge in [0.15, 0.2) is 5.41 Å². The Bertz CT molecular complexity index is 1470. The maximum Gasteiger partial charge on any atom is 0.259 e. The average molecular weight is 442 g/mol. The summed E-state index contributed by atoms with van der Waals surface area (Å²) in [6, 6.07) is 16.5. The Labute approximate surface area is 188 Å². The van der Waals surface area contributed by atoms with Crippen LogP contribution in [0.3, 0.4) is 0 Å². The van der Waals surface area contributed by atoms with E-state index in [1.807, 2.05) is 6.07 Å². The number of anilines is 1. The molecule has 0 saturated carbocycles. The Morgan fingerprint density at radius 3 is 2.55 bits per heavy atom. The number of carbonyl (C=O) groups excluding carboxylic acids is 1. The molecular weight excluding hydrogens is 423 g/mol. The van der Waals surface area contributed by atoms with E-state index in [4.69, 9.17) is 10.5 Å². The Hall–Kier alpha value is -4.38. The zero-order chi connectivity index (χ0) is 23.5. The molecule has 1 atom stereocenters. The predicted molar refractivity (Wildman–Crippen MR) is 119 cm³/mol. The number of rotatable bonds is 2. The van der Waals surface area contributed by atoms with Crippen molar-refractivity contribution in [3.8, 4) is 11.8 Å². The minimum Gasteiger partial charge on any atom is -0.440 e. The maximum atomic E-state index is 14.2. The van der Waals surface area contributed by atoms with Crippen LogP contribution in [0, 0.1) is 24.1 Å². The third-order valence-corrected chi connectivity index (χ3v) is 6.38. The van der Waals surface area contributed by atoms with Gasteiger partial charge in [0.2, 0.25) is 11.8 Å². The Morgan fingerprint density at radius 1 is 1.15 bits per heavy atom. The van der Waals surface area contributed by atoms with Gasteiger partial charge < -0.3 is 19.9 Å². The van der Waals surface area contributed by atoms with Crippen LogP contribution in [-0.2, 0) is 23.8 Å². The molecule has 1 aromatic heterocycles. The van der Waals surface area contributed by atoms with Crippen LogP contribution >= 0.6 is 0 Å². The van der Waals surface area contributed by atoms with Crippen LogP contribution in [0.5, 0.6) is 5.75 Å². The summed E-state index contributed by atoms with van der Waals surface area (Å²) in [4.78, 5) is 29.3. The normalized spacial score (nSPS) is 18.7. The standard InChI is InChI=1S/C25H19FN4O3/c1-14-11-20-21(23(31)29(14)2)25(18(12-27)22(28)33-20)17-5-3-4-6-19(17)30(24(25)32)13-15-7-9-16(26)10-8-15/h3-11H,13,28H2,1-2H3. The van der Waals surface area contributed by atoms with Gasteiger partial charge >= 0.3 is 0 Å². The second-order valence-corrected chi connectivity index (χ2v) is 8.13. The van der Waals surface area contributed by atoms with Crippen molar-refractivity contribution >= 4 is 11.6 Å². The van der Waals surface area contributed by atoms with E-state index in [9.17, 15) is 19.2 Å². The molecule has 2 aromatic carbocycles. The van der Waals surface area contributed by atoms with Crippen LogP contribution in [0.1, 0.15) is 22.4 Å². The fourth-order valence-corrected chi connectivity index (χ4v) is 4.70. The number of hydrogen-bond acceptors (Lipinski definition) is 5. The number of nitriles is 1. The van der Waals surface area contributed by atoms with E-state index in [1.54, 1.807) is 56.4 Å². The molecule has 1 unspecified atom stereocenters. The van der Waals surface area contributed by atoms with Crippen LogP contribution in [0.4, 0.5) is 10.1 Å². The number of amides is 1. The summed E-state index contributed by atoms with van der Waals surface area (Å²) in [7, 11) is 1.60. The first kappa shape index (κ1) is 20.5. The summed E-state index contributed by atoms with van der Waals surface area (Å²) in [6.45, 7) is 1.86. The molecule has 0 saturated heterocycles. The Kier molecular flexibility index (Phi) is 4.40. The number of aromatic nitrogens is 1. The molecule has 0 fully saturated rings. The smallest absolute Gasteiger partial charge is 0.259 e. The summed E-state index contributed by atoms with van der Waals surface area (Å²) in [5.74, 6) is -0.940. The topological polar surface area (TPSA) is 101 Å². The van der Waals surface area contributed by atoms with Crippen molar-refractivity contribution in [2.24, 2.45) is 12.8 Å². The molecule has 2 aliphatic heterocycles. The highest BCUT2D eigenvalue weighted by atomic mass is 19.1. The van der Waals surface area contributed by atoms with Crippen molar-refractivity contribution in [3.63, 3.8) is 0 Å². The molecule has 0 aliphatic carbocycles. The van der Waals surface area contributed by atoms with Gasteiger partial charge in [0.25, 0.3) is 5.56 Å². The van der Waals surface area contributed by atoms with Crippen LogP contribution in [0.2, 0.25) is 0 Å². The molecule has 5 rings (SSSR count). The van der Waals surface area contributed by atoms with Gasteiger partial charge in [-0.25, -0.2) is 4.39 Å². The van der Waals surface area contributed by atoms with Gasteiger partial charge in [-0.1, -0.05) is 30.3 Å². The average Bonchev–Trinajstić information content (AvgIpc) is 3.03. The van der Waals surface area contributed by atoms with Crippen molar-refractivity contribution in [2.45, 2.75) is 18.9 Å². The fraction of sp³-hybridized carbons (Fsp3) is 0.160. The number of nitrogens with zero attached hydrogens (tertiary/aromatic N) is 3. The van der Waals surface area contributed by atoms with Gasteiger partial charge in [-0.15, -0.1) is 0 Å². The number of benzene rings is 2. The lowest BCUT2D eigenvalue weighted by Gasteiger charge is -2.34. The van der Waals surface area contributed by atoms with Crippen LogP contribution in [0.15, 0.2) is 70.8 Å². The molecule has 3 heterocycles. The quantitative estimate of drug-likeness (QED) is 0.658. The van der Waals surface area contributed by atoms with E-state index >= 15 is 0 Å². The van der Waals surface area contributed by atoms with E-state index in [0.717, 1.165) is 0 Å². The molecule has 8 heteroatoms. The van der Waals surface area contributed by atoms with E-state index in [2.05, 4.69) is 0 Å². The fourth-order valence-electron chi connectivity index (χ4n) is 4.70. The number of ether oxygens (including phenoxy) is 1. The maximum absolute atomic E-state index is 14.2. The lowest BCUT2D eigenvalue weighted by atomic mass is 9.69. The van der Waals surface area contributed by atoms with E-state index in [1.165, 1.54) is 21.6 Å². The van der Waals surface area contributed by atoms with Crippen molar-refractivity contribution in [3.05, 3.63) is 105 Å². The number of para-hydroxylation sites is 1. The number of hydrogen-bond donors (Lipinski definition) is 1. The molecule has 0 radical (unpaired) electrons. The Balaban J connectivity index is 1.83. The molecule has 33 heavy (non-hydrogen) atoms. The summed E-state index contributed by atoms with van der Waals surface area (Å²) in [5.41, 5.74) is 6.20. The van der Waals surface area contributed by atoms with Crippen molar-refractivity contribution in [1.82, 2.24) is 4.57 Å². The molecule has 7 nitrogen and oxygen atoms in total. The number of fused-ring (bicyclic) bond motifs is 4. The van der Waals surface area contributed by atoms with Crippen LogP contribution in [0.25, 0.3) is 0 Å². The first-order valence-electron chi connectivity index (χ1n) is 10.3. The highest BCUT2D eigenvalue weighted by Crippen LogP contribution is 2.54. The minimum absolute atomic E-state index is 0.0559. The molecule has 3 aromatic rings. The first-order valence-corrected chi connectivity index (χ1v) is 10.3. The second-order valence-electron chi connectivity index (χ2n) is 8.13. The summed E-state index contributed by atoms with van der Waals surface area (Å²) < 4.78 is 20.5. The molecular formula is C25H19FN4O3. The zero-order valence-electron chi connectivity index (χ0n) is 17.9. The highest BCUT2D eigenvalue weighted by Gasteiger charge is 2.60. The van der Waals surface area contributed by atoms with Gasteiger partial charge in [0.1, 0.15) is 23.2 Å². The van der Waals surface area contributed by atoms with E-state index in [-0.39, 0.29) is 35.1 Å². The van der Waals surface area contributed by atoms with Crippen molar-refractivity contribution in [2.75, 3.05) is 4.90 Å². The highest BCUT2D eigenvalue weighted by molar-refractivity contribution is 6.14. The van der Waals surface area contributed by atoms with Gasteiger partial charge in [-0.2, -0.15) is 5.26 Å². The van der Waals surface area contributed by atoms with Gasteiger partial charge in [-0.3, -0.25) is 9.59 Å². The van der Waals surface area contributed by atoms with Crippen LogP contribution in [-0.4, -0.2) is 10.5 Å². The van der Waals surface area contributed by atoms with Gasteiger partial charge in [-0.05, 0) is 30.7 Å². The molecule has 0 bridgehead atoms.